The van der Waals surface area contributed by atoms with E-state index in [1.54, 1.807) is 26.4 Å². The smallest absolute Gasteiger partial charge is 0.131 e. The van der Waals surface area contributed by atoms with E-state index >= 15 is 0 Å². The highest BCUT2D eigenvalue weighted by molar-refractivity contribution is 5.34. The summed E-state index contributed by atoms with van der Waals surface area (Å²) in [5.41, 5.74) is 0.601. The van der Waals surface area contributed by atoms with Gasteiger partial charge in [-0.05, 0) is 19.2 Å². The normalized spacial score (nSPS) is 11.0. The monoisotopic (exact) mass is 270 g/mol. The van der Waals surface area contributed by atoms with E-state index in [4.69, 9.17) is 9.47 Å². The van der Waals surface area contributed by atoms with Gasteiger partial charge in [0.2, 0.25) is 0 Å². The highest BCUT2D eigenvalue weighted by atomic mass is 19.1. The predicted octanol–water partition coefficient (Wildman–Crippen LogP) is 1.50. The summed E-state index contributed by atoms with van der Waals surface area (Å²) in [5.74, 6) is 0.373. The number of rotatable bonds is 9. The Morgan fingerprint density at radius 3 is 2.74 bits per heavy atom. The summed E-state index contributed by atoms with van der Waals surface area (Å²) >= 11 is 0. The molecule has 4 nitrogen and oxygen atoms in total. The number of benzene rings is 1. The van der Waals surface area contributed by atoms with E-state index < -0.39 is 0 Å². The summed E-state index contributed by atoms with van der Waals surface area (Å²) in [6.45, 7) is 3.73. The summed E-state index contributed by atoms with van der Waals surface area (Å²) in [4.78, 5) is 2.06. The zero-order valence-corrected chi connectivity index (χ0v) is 11.9. The lowest BCUT2D eigenvalue weighted by Gasteiger charge is -2.19. The fourth-order valence-electron chi connectivity index (χ4n) is 1.80. The predicted molar refractivity (Wildman–Crippen MR) is 74.0 cm³/mol. The van der Waals surface area contributed by atoms with Crippen molar-refractivity contribution >= 4 is 0 Å². The van der Waals surface area contributed by atoms with E-state index in [1.165, 1.54) is 6.07 Å². The van der Waals surface area contributed by atoms with E-state index in [2.05, 4.69) is 10.2 Å². The second-order valence-electron chi connectivity index (χ2n) is 4.40. The van der Waals surface area contributed by atoms with Gasteiger partial charge in [0.1, 0.15) is 11.6 Å². The summed E-state index contributed by atoms with van der Waals surface area (Å²) in [6, 6.07) is 4.90. The van der Waals surface area contributed by atoms with Crippen molar-refractivity contribution in [2.45, 2.75) is 6.54 Å². The van der Waals surface area contributed by atoms with Gasteiger partial charge in [0.15, 0.2) is 0 Å². The van der Waals surface area contributed by atoms with Crippen LogP contribution in [-0.4, -0.2) is 52.4 Å². The van der Waals surface area contributed by atoms with Gasteiger partial charge < -0.3 is 19.7 Å². The lowest BCUT2D eigenvalue weighted by atomic mass is 10.1. The molecule has 0 aliphatic carbocycles. The fourth-order valence-corrected chi connectivity index (χ4v) is 1.80. The number of nitrogens with one attached hydrogen (secondary N) is 1. The van der Waals surface area contributed by atoms with Gasteiger partial charge in [0.05, 0.1) is 13.7 Å². The maximum absolute atomic E-state index is 13.7. The fraction of sp³-hybridized carbons (Fsp3) is 0.571. The molecule has 0 unspecified atom stereocenters. The van der Waals surface area contributed by atoms with Crippen molar-refractivity contribution in [1.29, 1.82) is 0 Å². The summed E-state index contributed by atoms with van der Waals surface area (Å²) in [6.07, 6.45) is 0. The van der Waals surface area contributed by atoms with Gasteiger partial charge in [0.25, 0.3) is 0 Å². The number of ether oxygens (including phenoxy) is 2. The molecule has 0 aliphatic heterocycles. The molecule has 0 aromatic heterocycles. The van der Waals surface area contributed by atoms with Gasteiger partial charge in [-0.2, -0.15) is 0 Å². The molecular weight excluding hydrogens is 247 g/mol. The Labute approximate surface area is 114 Å². The first kappa shape index (κ1) is 15.9. The summed E-state index contributed by atoms with van der Waals surface area (Å²) in [7, 11) is 5.20. The number of hydrogen-bond donors (Lipinski definition) is 1. The molecule has 5 heteroatoms. The third-order valence-electron chi connectivity index (χ3n) is 2.88. The van der Waals surface area contributed by atoms with Crippen LogP contribution in [0, 0.1) is 5.82 Å². The first-order valence-corrected chi connectivity index (χ1v) is 6.38. The highest BCUT2D eigenvalue weighted by Crippen LogP contribution is 2.22. The average molecular weight is 270 g/mol. The van der Waals surface area contributed by atoms with Crippen LogP contribution in [0.25, 0.3) is 0 Å². The van der Waals surface area contributed by atoms with Crippen LogP contribution in [0.4, 0.5) is 4.39 Å². The molecule has 1 rings (SSSR count). The minimum atomic E-state index is -0.224. The molecule has 0 atom stereocenters. The first-order chi connectivity index (χ1) is 9.19. The third-order valence-corrected chi connectivity index (χ3v) is 2.88. The van der Waals surface area contributed by atoms with Crippen LogP contribution < -0.4 is 10.1 Å². The Morgan fingerprint density at radius 2 is 2.05 bits per heavy atom. The van der Waals surface area contributed by atoms with Gasteiger partial charge in [0, 0.05) is 38.9 Å². The van der Waals surface area contributed by atoms with Gasteiger partial charge in [-0.25, -0.2) is 4.39 Å². The molecule has 0 saturated carbocycles. The molecule has 0 saturated heterocycles. The topological polar surface area (TPSA) is 33.7 Å². The molecule has 19 heavy (non-hydrogen) atoms. The molecule has 1 aromatic carbocycles. The van der Waals surface area contributed by atoms with Crippen molar-refractivity contribution < 1.29 is 13.9 Å². The highest BCUT2D eigenvalue weighted by Gasteiger charge is 2.11. The SMILES string of the molecule is COCCNCCN(C)Cc1c(F)cccc1OC. The minimum Gasteiger partial charge on any atom is -0.496 e. The van der Waals surface area contributed by atoms with Crippen molar-refractivity contribution in [3.8, 4) is 5.75 Å². The number of hydrogen-bond acceptors (Lipinski definition) is 4. The van der Waals surface area contributed by atoms with Crippen LogP contribution >= 0.6 is 0 Å². The minimum absolute atomic E-state index is 0.224. The van der Waals surface area contributed by atoms with Crippen molar-refractivity contribution in [2.24, 2.45) is 0 Å². The van der Waals surface area contributed by atoms with Crippen molar-refractivity contribution in [3.63, 3.8) is 0 Å². The molecule has 0 amide bonds. The quantitative estimate of drug-likeness (QED) is 0.690. The Hall–Kier alpha value is -1.17. The lowest BCUT2D eigenvalue weighted by molar-refractivity contribution is 0.197. The van der Waals surface area contributed by atoms with Crippen LogP contribution in [0.3, 0.4) is 0 Å². The average Bonchev–Trinajstić information content (AvgIpc) is 2.41. The molecule has 0 radical (unpaired) electrons. The molecular formula is C14H23FN2O2. The van der Waals surface area contributed by atoms with E-state index in [0.29, 0.717) is 24.5 Å². The summed E-state index contributed by atoms with van der Waals surface area (Å²) < 4.78 is 23.9. The van der Waals surface area contributed by atoms with E-state index in [-0.39, 0.29) is 5.82 Å². The van der Waals surface area contributed by atoms with Gasteiger partial charge in [-0.1, -0.05) is 6.07 Å². The third kappa shape index (κ3) is 5.55. The first-order valence-electron chi connectivity index (χ1n) is 6.38. The molecule has 1 N–H and O–H groups in total. The maximum atomic E-state index is 13.7. The van der Waals surface area contributed by atoms with Gasteiger partial charge >= 0.3 is 0 Å². The van der Waals surface area contributed by atoms with Gasteiger partial charge in [-0.15, -0.1) is 0 Å². The zero-order chi connectivity index (χ0) is 14.1. The molecule has 1 aromatic rings. The summed E-state index contributed by atoms with van der Waals surface area (Å²) in [5, 5.41) is 3.25. The van der Waals surface area contributed by atoms with E-state index in [1.807, 2.05) is 7.05 Å². The number of nitrogens with zero attached hydrogens (tertiary/aromatic N) is 1. The second kappa shape index (κ2) is 8.85. The van der Waals surface area contributed by atoms with E-state index in [0.717, 1.165) is 19.6 Å². The van der Waals surface area contributed by atoms with Crippen LogP contribution in [-0.2, 0) is 11.3 Å². The molecule has 0 fully saturated rings. The molecule has 0 bridgehead atoms. The van der Waals surface area contributed by atoms with Crippen molar-refractivity contribution in [1.82, 2.24) is 10.2 Å². The van der Waals surface area contributed by atoms with Crippen molar-refractivity contribution in [2.75, 3.05) is 47.5 Å². The largest absolute Gasteiger partial charge is 0.496 e. The van der Waals surface area contributed by atoms with Crippen LogP contribution in [0.15, 0.2) is 18.2 Å². The molecule has 0 spiro atoms. The maximum Gasteiger partial charge on any atom is 0.131 e. The molecule has 108 valence electrons. The Bertz CT molecular complexity index is 374. The lowest BCUT2D eigenvalue weighted by Crippen LogP contribution is -2.31. The Balaban J connectivity index is 2.41. The molecule has 0 aliphatic rings. The zero-order valence-electron chi connectivity index (χ0n) is 11.9. The Kier molecular flexibility index (Phi) is 7.40. The van der Waals surface area contributed by atoms with Gasteiger partial charge in [-0.3, -0.25) is 0 Å². The number of methoxy groups -OCH3 is 2. The van der Waals surface area contributed by atoms with Crippen LogP contribution in [0.1, 0.15) is 5.56 Å². The number of likely N-dealkylation sites (N-methyl/N-ethyl adjacent to an activating group) is 1. The van der Waals surface area contributed by atoms with Crippen LogP contribution in [0.5, 0.6) is 5.75 Å². The second-order valence-corrected chi connectivity index (χ2v) is 4.40. The number of halogens is 1. The standard InChI is InChI=1S/C14H23FN2O2/c1-17(9-7-16-8-10-18-2)11-12-13(15)5-4-6-14(12)19-3/h4-6,16H,7-11H2,1-3H3. The van der Waals surface area contributed by atoms with Crippen LogP contribution in [0.2, 0.25) is 0 Å². The Morgan fingerprint density at radius 1 is 1.26 bits per heavy atom. The molecule has 0 heterocycles. The van der Waals surface area contributed by atoms with E-state index in [9.17, 15) is 4.39 Å². The van der Waals surface area contributed by atoms with Crippen molar-refractivity contribution in [3.05, 3.63) is 29.6 Å².